The zero-order chi connectivity index (χ0) is 11.7. The Hall–Kier alpha value is -0.510. The van der Waals surface area contributed by atoms with Crippen molar-refractivity contribution in [2.75, 3.05) is 0 Å². The van der Waals surface area contributed by atoms with Gasteiger partial charge in [-0.05, 0) is 33.6 Å². The van der Waals surface area contributed by atoms with E-state index in [1.54, 1.807) is 6.33 Å². The molecule has 0 fully saturated rings. The van der Waals surface area contributed by atoms with Gasteiger partial charge in [0.15, 0.2) is 0 Å². The third kappa shape index (κ3) is 2.42. The highest BCUT2D eigenvalue weighted by atomic mass is 79.9. The molecule has 0 aliphatic carbocycles. The predicted octanol–water partition coefficient (Wildman–Crippen LogP) is 4.08. The number of aromatic nitrogens is 2. The first-order valence-corrected chi connectivity index (χ1v) is 6.22. The molecule has 0 bridgehead atoms. The molecule has 0 saturated heterocycles. The molecule has 0 atom stereocenters. The first-order valence-electron chi connectivity index (χ1n) is 4.67. The molecule has 2 rings (SSSR count). The SMILES string of the molecule is Cn1cnc(Br)c1Cc1ccc(Cl)c(Cl)c1. The number of hydrogen-bond donors (Lipinski definition) is 0. The fourth-order valence-corrected chi connectivity index (χ4v) is 2.30. The first kappa shape index (κ1) is 12.0. The molecular weight excluding hydrogens is 311 g/mol. The molecule has 84 valence electrons. The summed E-state index contributed by atoms with van der Waals surface area (Å²) in [4.78, 5) is 4.17. The van der Waals surface area contributed by atoms with Gasteiger partial charge in [0.2, 0.25) is 0 Å². The summed E-state index contributed by atoms with van der Waals surface area (Å²) in [5.41, 5.74) is 2.22. The second kappa shape index (κ2) is 4.78. The monoisotopic (exact) mass is 318 g/mol. The fourth-order valence-electron chi connectivity index (χ4n) is 1.47. The molecule has 1 heterocycles. The third-order valence-corrected chi connectivity index (χ3v) is 3.77. The molecule has 1 aromatic carbocycles. The summed E-state index contributed by atoms with van der Waals surface area (Å²) in [5, 5.41) is 1.16. The van der Waals surface area contributed by atoms with E-state index in [-0.39, 0.29) is 0 Å². The number of nitrogens with zero attached hydrogens (tertiary/aromatic N) is 2. The van der Waals surface area contributed by atoms with E-state index < -0.39 is 0 Å². The zero-order valence-corrected chi connectivity index (χ0v) is 11.6. The van der Waals surface area contributed by atoms with E-state index in [0.29, 0.717) is 10.0 Å². The lowest BCUT2D eigenvalue weighted by molar-refractivity contribution is 0.843. The summed E-state index contributed by atoms with van der Waals surface area (Å²) in [7, 11) is 1.96. The van der Waals surface area contributed by atoms with E-state index in [2.05, 4.69) is 20.9 Å². The van der Waals surface area contributed by atoms with Crippen LogP contribution < -0.4 is 0 Å². The summed E-state index contributed by atoms with van der Waals surface area (Å²) in [5.74, 6) is 0. The molecule has 1 aromatic heterocycles. The molecule has 0 spiro atoms. The Labute approximate surface area is 112 Å². The van der Waals surface area contributed by atoms with E-state index >= 15 is 0 Å². The van der Waals surface area contributed by atoms with Gasteiger partial charge in [-0.1, -0.05) is 29.3 Å². The summed E-state index contributed by atoms with van der Waals surface area (Å²) >= 11 is 15.3. The van der Waals surface area contributed by atoms with Gasteiger partial charge in [0, 0.05) is 13.5 Å². The maximum Gasteiger partial charge on any atom is 0.127 e. The molecule has 0 saturated carbocycles. The lowest BCUT2D eigenvalue weighted by Crippen LogP contribution is -1.97. The molecule has 0 N–H and O–H groups in total. The van der Waals surface area contributed by atoms with Crippen LogP contribution in [0.4, 0.5) is 0 Å². The van der Waals surface area contributed by atoms with Gasteiger partial charge < -0.3 is 4.57 Å². The van der Waals surface area contributed by atoms with Gasteiger partial charge in [-0.2, -0.15) is 0 Å². The topological polar surface area (TPSA) is 17.8 Å². The number of benzene rings is 1. The Kier molecular flexibility index (Phi) is 3.57. The molecule has 2 aromatic rings. The van der Waals surface area contributed by atoms with Crippen LogP contribution in [-0.2, 0) is 13.5 Å². The van der Waals surface area contributed by atoms with E-state index in [0.717, 1.165) is 22.3 Å². The van der Waals surface area contributed by atoms with Gasteiger partial charge in [0.05, 0.1) is 22.1 Å². The van der Waals surface area contributed by atoms with Crippen molar-refractivity contribution in [2.45, 2.75) is 6.42 Å². The van der Waals surface area contributed by atoms with Gasteiger partial charge in [-0.15, -0.1) is 0 Å². The van der Waals surface area contributed by atoms with Gasteiger partial charge in [0.25, 0.3) is 0 Å². The van der Waals surface area contributed by atoms with Crippen LogP contribution in [0.1, 0.15) is 11.3 Å². The highest BCUT2D eigenvalue weighted by molar-refractivity contribution is 9.10. The van der Waals surface area contributed by atoms with Crippen LogP contribution in [0.15, 0.2) is 29.1 Å². The van der Waals surface area contributed by atoms with E-state index in [9.17, 15) is 0 Å². The average Bonchev–Trinajstić information content (AvgIpc) is 2.55. The molecule has 16 heavy (non-hydrogen) atoms. The molecule has 0 aliphatic rings. The van der Waals surface area contributed by atoms with Crippen molar-refractivity contribution in [2.24, 2.45) is 7.05 Å². The summed E-state index contributed by atoms with van der Waals surface area (Å²) < 4.78 is 2.84. The first-order chi connectivity index (χ1) is 7.58. The van der Waals surface area contributed by atoms with Gasteiger partial charge in [0.1, 0.15) is 4.60 Å². The van der Waals surface area contributed by atoms with Crippen LogP contribution in [0.2, 0.25) is 10.0 Å². The maximum atomic E-state index is 5.97. The summed E-state index contributed by atoms with van der Waals surface area (Å²) in [6.07, 6.45) is 2.55. The molecule has 0 amide bonds. The number of imidazole rings is 1. The number of hydrogen-bond acceptors (Lipinski definition) is 1. The second-order valence-corrected chi connectivity index (χ2v) is 5.08. The van der Waals surface area contributed by atoms with Crippen LogP contribution in [0.5, 0.6) is 0 Å². The van der Waals surface area contributed by atoms with Crippen LogP contribution >= 0.6 is 39.1 Å². The van der Waals surface area contributed by atoms with Crippen molar-refractivity contribution < 1.29 is 0 Å². The maximum absolute atomic E-state index is 5.97. The van der Waals surface area contributed by atoms with Crippen molar-refractivity contribution >= 4 is 39.1 Å². The Morgan fingerprint density at radius 2 is 2.06 bits per heavy atom. The van der Waals surface area contributed by atoms with Crippen molar-refractivity contribution in [3.63, 3.8) is 0 Å². The molecular formula is C11H9BrCl2N2. The van der Waals surface area contributed by atoms with Gasteiger partial charge in [-0.3, -0.25) is 0 Å². The smallest absolute Gasteiger partial charge is 0.127 e. The Balaban J connectivity index is 2.31. The third-order valence-electron chi connectivity index (χ3n) is 2.36. The van der Waals surface area contributed by atoms with E-state index in [1.165, 1.54) is 0 Å². The minimum atomic E-state index is 0.578. The quantitative estimate of drug-likeness (QED) is 0.815. The Morgan fingerprint density at radius 1 is 1.31 bits per heavy atom. The van der Waals surface area contributed by atoms with Crippen molar-refractivity contribution in [3.05, 3.63) is 50.4 Å². The molecule has 0 radical (unpaired) electrons. The van der Waals surface area contributed by atoms with Gasteiger partial charge in [-0.25, -0.2) is 4.98 Å². The highest BCUT2D eigenvalue weighted by Crippen LogP contribution is 2.25. The van der Waals surface area contributed by atoms with Crippen LogP contribution in [0.25, 0.3) is 0 Å². The highest BCUT2D eigenvalue weighted by Gasteiger charge is 2.08. The summed E-state index contributed by atoms with van der Waals surface area (Å²) in [6.45, 7) is 0. The predicted molar refractivity (Wildman–Crippen MR) is 70.2 cm³/mol. The van der Waals surface area contributed by atoms with Crippen molar-refractivity contribution in [1.29, 1.82) is 0 Å². The largest absolute Gasteiger partial charge is 0.336 e. The fraction of sp³-hybridized carbons (Fsp3) is 0.182. The minimum absolute atomic E-state index is 0.578. The van der Waals surface area contributed by atoms with Crippen molar-refractivity contribution in [3.8, 4) is 0 Å². The number of rotatable bonds is 2. The Bertz CT molecular complexity index is 503. The van der Waals surface area contributed by atoms with E-state index in [1.807, 2.05) is 29.8 Å². The zero-order valence-electron chi connectivity index (χ0n) is 8.54. The minimum Gasteiger partial charge on any atom is -0.336 e. The molecule has 2 nitrogen and oxygen atoms in total. The van der Waals surface area contributed by atoms with Crippen molar-refractivity contribution in [1.82, 2.24) is 9.55 Å². The van der Waals surface area contributed by atoms with E-state index in [4.69, 9.17) is 23.2 Å². The average molecular weight is 320 g/mol. The van der Waals surface area contributed by atoms with Crippen LogP contribution in [-0.4, -0.2) is 9.55 Å². The second-order valence-electron chi connectivity index (χ2n) is 3.52. The summed E-state index contributed by atoms with van der Waals surface area (Å²) in [6, 6.07) is 5.65. The standard InChI is InChI=1S/C11H9BrCl2N2/c1-16-6-15-11(12)10(16)5-7-2-3-8(13)9(14)4-7/h2-4,6H,5H2,1H3. The lowest BCUT2D eigenvalue weighted by Gasteiger charge is -2.05. The molecule has 0 aliphatic heterocycles. The Morgan fingerprint density at radius 3 is 2.62 bits per heavy atom. The van der Waals surface area contributed by atoms with Crippen LogP contribution in [0.3, 0.4) is 0 Å². The normalized spacial score (nSPS) is 10.8. The number of aryl methyl sites for hydroxylation is 1. The molecule has 0 unspecified atom stereocenters. The van der Waals surface area contributed by atoms with Crippen LogP contribution in [0, 0.1) is 0 Å². The lowest BCUT2D eigenvalue weighted by atomic mass is 10.1. The number of halogens is 3. The van der Waals surface area contributed by atoms with Gasteiger partial charge >= 0.3 is 0 Å². The molecule has 5 heteroatoms.